The molecular formula is H3AlCl2O2. The van der Waals surface area contributed by atoms with Crippen LogP contribution in [-0.2, 0) is 0 Å². The Labute approximate surface area is 51.5 Å². The number of halogens is 2. The van der Waals surface area contributed by atoms with Crippen LogP contribution in [0.5, 0.6) is 0 Å². The van der Waals surface area contributed by atoms with Gasteiger partial charge in [-0.2, -0.15) is 0 Å². The fraction of sp³-hybridized carbons (Fsp3) is 0. The van der Waals surface area contributed by atoms with Gasteiger partial charge in [-0.05, 0) is 0 Å². The predicted octanol–water partition coefficient (Wildman–Crippen LogP) is -7.75. The van der Waals surface area contributed by atoms with Gasteiger partial charge in [-0.1, -0.05) is 0 Å². The van der Waals surface area contributed by atoms with Gasteiger partial charge in [0.1, 0.15) is 0 Å². The Morgan fingerprint density at radius 3 is 1.00 bits per heavy atom. The molecule has 0 rings (SSSR count). The fourth-order valence-electron chi connectivity index (χ4n) is 0. The summed E-state index contributed by atoms with van der Waals surface area (Å²) in [4.78, 5) is 0. The summed E-state index contributed by atoms with van der Waals surface area (Å²) in [6.45, 7) is 0. The molecule has 0 saturated heterocycles. The molecule has 2 nitrogen and oxygen atoms in total. The van der Waals surface area contributed by atoms with E-state index in [1.807, 2.05) is 0 Å². The van der Waals surface area contributed by atoms with E-state index in [0.29, 0.717) is 0 Å². The van der Waals surface area contributed by atoms with Crippen LogP contribution in [0, 0.1) is 0 Å². The molecule has 0 aromatic carbocycles. The van der Waals surface area contributed by atoms with Crippen molar-refractivity contribution in [1.82, 2.24) is 0 Å². The predicted molar refractivity (Wildman–Crippen MR) is 11.6 cm³/mol. The van der Waals surface area contributed by atoms with Gasteiger partial charge in [0.25, 0.3) is 0 Å². The third kappa shape index (κ3) is 43.4. The van der Waals surface area contributed by atoms with Crippen molar-refractivity contribution < 1.29 is 34.4 Å². The van der Waals surface area contributed by atoms with Crippen molar-refractivity contribution >= 4 is 16.6 Å². The molecule has 5 heteroatoms. The Bertz CT molecular complexity index is 7.61. The SMILES string of the molecule is O.[Cl-].[Cl-].[OH][Al+2]. The molecule has 0 fully saturated rings. The standard InChI is InChI=1S/Al.2ClH.2H2O/h;2*1H;2*1H2/q+3;;;;/p-3. The van der Waals surface area contributed by atoms with E-state index < -0.39 is 0 Å². The molecule has 0 unspecified atom stereocenters. The molecule has 3 N–H and O–H groups in total. The fourth-order valence-corrected chi connectivity index (χ4v) is 0. The molecule has 5 heavy (non-hydrogen) atoms. The topological polar surface area (TPSA) is 51.7 Å². The Morgan fingerprint density at radius 2 is 1.00 bits per heavy atom. The molecule has 0 aliphatic heterocycles. The molecule has 0 aliphatic carbocycles. The van der Waals surface area contributed by atoms with Crippen LogP contribution in [0.4, 0.5) is 0 Å². The van der Waals surface area contributed by atoms with Gasteiger partial charge in [0, 0.05) is 0 Å². The van der Waals surface area contributed by atoms with Crippen molar-refractivity contribution in [2.45, 2.75) is 0 Å². The van der Waals surface area contributed by atoms with Crippen LogP contribution < -0.4 is 24.8 Å². The van der Waals surface area contributed by atoms with E-state index in [0.717, 1.165) is 0 Å². The van der Waals surface area contributed by atoms with E-state index in [2.05, 4.69) is 0 Å². The van der Waals surface area contributed by atoms with Crippen molar-refractivity contribution in [3.8, 4) is 0 Å². The zero-order valence-corrected chi connectivity index (χ0v) is 4.95. The molecule has 0 radical (unpaired) electrons. The summed E-state index contributed by atoms with van der Waals surface area (Å²) in [7, 11) is 0. The monoisotopic (exact) mass is 132 g/mol. The van der Waals surface area contributed by atoms with Crippen LogP contribution in [0.25, 0.3) is 0 Å². The van der Waals surface area contributed by atoms with E-state index in [1.165, 1.54) is 16.6 Å². The van der Waals surface area contributed by atoms with Crippen LogP contribution in [-0.4, -0.2) is 26.3 Å². The van der Waals surface area contributed by atoms with Crippen LogP contribution >= 0.6 is 0 Å². The quantitative estimate of drug-likeness (QED) is 0.328. The average molecular weight is 133 g/mol. The second-order valence-corrected chi connectivity index (χ2v) is 0. The second kappa shape index (κ2) is 76.8. The summed E-state index contributed by atoms with van der Waals surface area (Å²) >= 11 is 1.42. The summed E-state index contributed by atoms with van der Waals surface area (Å²) in [6.07, 6.45) is 0. The molecule has 0 heterocycles. The third-order valence-electron chi connectivity index (χ3n) is 0. The van der Waals surface area contributed by atoms with Crippen molar-refractivity contribution in [1.29, 1.82) is 0 Å². The summed E-state index contributed by atoms with van der Waals surface area (Å²) in [6, 6.07) is 0. The molecule has 0 amide bonds. The molecule has 0 spiro atoms. The van der Waals surface area contributed by atoms with Gasteiger partial charge < -0.3 is 30.3 Å². The van der Waals surface area contributed by atoms with E-state index in [9.17, 15) is 0 Å². The van der Waals surface area contributed by atoms with E-state index >= 15 is 0 Å². The Kier molecular flexibility index (Phi) is 568. The molecule has 0 bridgehead atoms. The normalized spacial score (nSPS) is 1.40. The third-order valence-corrected chi connectivity index (χ3v) is 0. The molecular weight excluding hydrogens is 130 g/mol. The van der Waals surface area contributed by atoms with Crippen molar-refractivity contribution in [2.24, 2.45) is 0 Å². The number of rotatable bonds is 0. The van der Waals surface area contributed by atoms with Gasteiger partial charge in [-0.3, -0.25) is 0 Å². The Hall–Kier alpha value is 1.03. The number of hydrogen-bond donors (Lipinski definition) is 1. The Morgan fingerprint density at radius 1 is 1.00 bits per heavy atom. The van der Waals surface area contributed by atoms with Crippen LogP contribution in [0.15, 0.2) is 0 Å². The molecule has 0 saturated carbocycles. The maximum atomic E-state index is 6.92. The molecule has 0 aromatic heterocycles. The minimum atomic E-state index is 0. The van der Waals surface area contributed by atoms with Crippen LogP contribution in [0.2, 0.25) is 0 Å². The first-order valence-corrected chi connectivity index (χ1v) is 0.775. The van der Waals surface area contributed by atoms with Crippen LogP contribution in [0.3, 0.4) is 0 Å². The maximum absolute atomic E-state index is 6.92. The van der Waals surface area contributed by atoms with Crippen molar-refractivity contribution in [2.75, 3.05) is 0 Å². The van der Waals surface area contributed by atoms with Crippen molar-refractivity contribution in [3.63, 3.8) is 0 Å². The van der Waals surface area contributed by atoms with Gasteiger partial charge in [0.15, 0.2) is 0 Å². The van der Waals surface area contributed by atoms with E-state index in [-0.39, 0.29) is 30.3 Å². The first kappa shape index (κ1) is 37.0. The molecule has 0 aliphatic rings. The average Bonchev–Trinajstić information content (AvgIpc) is 1.00. The number of hydrogen-bond acceptors (Lipinski definition) is 1. The van der Waals surface area contributed by atoms with E-state index in [4.69, 9.17) is 4.16 Å². The van der Waals surface area contributed by atoms with Gasteiger partial charge >= 0.3 is 20.8 Å². The van der Waals surface area contributed by atoms with E-state index in [1.54, 1.807) is 0 Å². The minimum absolute atomic E-state index is 0. The summed E-state index contributed by atoms with van der Waals surface area (Å²) in [5.41, 5.74) is 0. The Balaban J connectivity index is -0.00000000167. The van der Waals surface area contributed by atoms with Gasteiger partial charge in [0.05, 0.1) is 0 Å². The van der Waals surface area contributed by atoms with Gasteiger partial charge in [0.2, 0.25) is 0 Å². The van der Waals surface area contributed by atoms with Crippen molar-refractivity contribution in [3.05, 3.63) is 0 Å². The zero-order valence-electron chi connectivity index (χ0n) is 2.28. The second-order valence-electron chi connectivity index (χ2n) is 0. The zero-order chi connectivity index (χ0) is 2.00. The first-order valence-electron chi connectivity index (χ1n) is 0.258. The molecule has 0 aromatic rings. The van der Waals surface area contributed by atoms with Gasteiger partial charge in [-0.15, -0.1) is 0 Å². The van der Waals surface area contributed by atoms with Crippen LogP contribution in [0.1, 0.15) is 0 Å². The summed E-state index contributed by atoms with van der Waals surface area (Å²) < 4.78 is 6.92. The summed E-state index contributed by atoms with van der Waals surface area (Å²) in [5, 5.41) is 0. The summed E-state index contributed by atoms with van der Waals surface area (Å²) in [5.74, 6) is 0. The molecule has 32 valence electrons. The van der Waals surface area contributed by atoms with Gasteiger partial charge in [-0.25, -0.2) is 0 Å². The molecule has 0 atom stereocenters. The first-order chi connectivity index (χ1) is 1.00.